The standard InChI is InChI=1S/C37H36ClF3N4O2/c38-27-15-13-25(14-16-27)23-45-30-17-18-31(45)22-29(21-30)43-36(47)34(19-24-7-2-1-3-8-24)44-35(46)32-11-4-5-12-33(32)42-28-10-6-9-26(20-28)37(39,40)41/h1-16,20,29-31,34,42H,17-19,21-23H2,(H,43,47)(H,44,46)/t29-,30-,31+,34-/m0/s1. The van der Waals surface area contributed by atoms with Crippen molar-refractivity contribution < 1.29 is 22.8 Å². The molecule has 2 heterocycles. The highest BCUT2D eigenvalue weighted by Crippen LogP contribution is 2.37. The van der Waals surface area contributed by atoms with E-state index in [1.807, 2.05) is 42.5 Å². The Labute approximate surface area is 277 Å². The van der Waals surface area contributed by atoms with Gasteiger partial charge in [-0.05, 0) is 79.3 Å². The van der Waals surface area contributed by atoms with Crippen LogP contribution in [0.5, 0.6) is 0 Å². The fourth-order valence-electron chi connectivity index (χ4n) is 6.77. The normalized spacial score (nSPS) is 20.0. The van der Waals surface area contributed by atoms with Crippen molar-refractivity contribution in [3.05, 3.63) is 130 Å². The molecule has 0 radical (unpaired) electrons. The summed E-state index contributed by atoms with van der Waals surface area (Å²) in [6.07, 6.45) is -0.421. The third-order valence-corrected chi connectivity index (χ3v) is 9.31. The van der Waals surface area contributed by atoms with Crippen LogP contribution in [0, 0.1) is 0 Å². The number of benzene rings is 4. The molecule has 0 saturated carbocycles. The van der Waals surface area contributed by atoms with E-state index in [4.69, 9.17) is 11.6 Å². The fourth-order valence-corrected chi connectivity index (χ4v) is 6.89. The third-order valence-electron chi connectivity index (χ3n) is 9.05. The molecule has 0 spiro atoms. The van der Waals surface area contributed by atoms with E-state index in [1.165, 1.54) is 17.7 Å². The van der Waals surface area contributed by atoms with Crippen LogP contribution in [-0.4, -0.2) is 40.9 Å². The van der Waals surface area contributed by atoms with Gasteiger partial charge in [-0.3, -0.25) is 14.5 Å². The summed E-state index contributed by atoms with van der Waals surface area (Å²) in [5.41, 5.74) is 2.03. The molecule has 2 aliphatic rings. The van der Waals surface area contributed by atoms with Gasteiger partial charge in [-0.2, -0.15) is 13.2 Å². The number of hydrogen-bond acceptors (Lipinski definition) is 4. The van der Waals surface area contributed by atoms with Crippen molar-refractivity contribution in [3.8, 4) is 0 Å². The van der Waals surface area contributed by atoms with Gasteiger partial charge in [0, 0.05) is 41.8 Å². The molecule has 4 aromatic carbocycles. The number of halogens is 4. The van der Waals surface area contributed by atoms with Gasteiger partial charge in [-0.15, -0.1) is 0 Å². The Balaban J connectivity index is 1.15. The molecule has 2 saturated heterocycles. The van der Waals surface area contributed by atoms with Gasteiger partial charge in [-0.1, -0.05) is 72.3 Å². The second-order valence-corrected chi connectivity index (χ2v) is 12.8. The summed E-state index contributed by atoms with van der Waals surface area (Å²) < 4.78 is 39.9. The minimum Gasteiger partial charge on any atom is -0.355 e. The van der Waals surface area contributed by atoms with E-state index in [1.54, 1.807) is 24.3 Å². The summed E-state index contributed by atoms with van der Waals surface area (Å²) in [4.78, 5) is 30.1. The molecule has 4 atom stereocenters. The number of fused-ring (bicyclic) bond motifs is 2. The van der Waals surface area contributed by atoms with E-state index in [9.17, 15) is 22.8 Å². The van der Waals surface area contributed by atoms with Crippen molar-refractivity contribution in [1.29, 1.82) is 0 Å². The van der Waals surface area contributed by atoms with Crippen LogP contribution in [0.1, 0.15) is 52.7 Å². The molecule has 2 bridgehead atoms. The van der Waals surface area contributed by atoms with Gasteiger partial charge in [0.1, 0.15) is 6.04 Å². The smallest absolute Gasteiger partial charge is 0.355 e. The molecule has 0 aliphatic carbocycles. The second-order valence-electron chi connectivity index (χ2n) is 12.3. The average Bonchev–Trinajstić information content (AvgIpc) is 3.28. The highest BCUT2D eigenvalue weighted by Gasteiger charge is 2.41. The Morgan fingerprint density at radius 2 is 1.51 bits per heavy atom. The largest absolute Gasteiger partial charge is 0.416 e. The minimum atomic E-state index is -4.50. The van der Waals surface area contributed by atoms with Gasteiger partial charge in [0.05, 0.1) is 16.8 Å². The SMILES string of the molecule is O=C(N[C@@H](Cc1ccccc1)C(=O)N[C@@H]1C[C@H]2CC[C@@H](C1)N2Cc1ccc(Cl)cc1)c1ccccc1Nc1cccc(C(F)(F)F)c1. The molecular formula is C37H36ClF3N4O2. The first-order valence-electron chi connectivity index (χ1n) is 15.8. The van der Waals surface area contributed by atoms with Crippen LogP contribution in [0.3, 0.4) is 0 Å². The molecule has 2 fully saturated rings. The number of carbonyl (C=O) groups excluding carboxylic acids is 2. The maximum absolute atomic E-state index is 13.9. The molecule has 47 heavy (non-hydrogen) atoms. The number of nitrogens with zero attached hydrogens (tertiary/aromatic N) is 1. The predicted molar refractivity (Wildman–Crippen MR) is 178 cm³/mol. The van der Waals surface area contributed by atoms with Gasteiger partial charge in [0.25, 0.3) is 5.91 Å². The van der Waals surface area contributed by atoms with E-state index < -0.39 is 23.7 Å². The molecule has 3 N–H and O–H groups in total. The maximum atomic E-state index is 13.9. The minimum absolute atomic E-state index is 0.0218. The molecule has 10 heteroatoms. The lowest BCUT2D eigenvalue weighted by atomic mass is 9.95. The zero-order valence-corrected chi connectivity index (χ0v) is 26.4. The number of rotatable bonds is 10. The van der Waals surface area contributed by atoms with Crippen LogP contribution < -0.4 is 16.0 Å². The fraction of sp³-hybridized carbons (Fsp3) is 0.297. The van der Waals surface area contributed by atoms with Crippen LogP contribution in [0.4, 0.5) is 24.5 Å². The van der Waals surface area contributed by atoms with Crippen molar-refractivity contribution in [2.45, 2.75) is 69.0 Å². The highest BCUT2D eigenvalue weighted by atomic mass is 35.5. The highest BCUT2D eigenvalue weighted by molar-refractivity contribution is 6.30. The summed E-state index contributed by atoms with van der Waals surface area (Å²) in [5, 5.41) is 9.83. The molecule has 0 aromatic heterocycles. The van der Waals surface area contributed by atoms with Gasteiger partial charge in [-0.25, -0.2) is 0 Å². The van der Waals surface area contributed by atoms with Gasteiger partial charge < -0.3 is 16.0 Å². The summed E-state index contributed by atoms with van der Waals surface area (Å²) in [6, 6.07) is 28.6. The number of anilines is 2. The molecule has 2 amide bonds. The Hall–Kier alpha value is -4.34. The Kier molecular flexibility index (Phi) is 9.84. The number of para-hydroxylation sites is 1. The van der Waals surface area contributed by atoms with E-state index in [2.05, 4.69) is 33.0 Å². The van der Waals surface area contributed by atoms with E-state index in [0.717, 1.165) is 49.9 Å². The molecule has 4 aromatic rings. The molecule has 6 rings (SSSR count). The zero-order chi connectivity index (χ0) is 33.0. The molecule has 0 unspecified atom stereocenters. The molecule has 244 valence electrons. The van der Waals surface area contributed by atoms with Crippen molar-refractivity contribution in [2.75, 3.05) is 5.32 Å². The molecular weight excluding hydrogens is 625 g/mol. The van der Waals surface area contributed by atoms with Gasteiger partial charge in [0.2, 0.25) is 5.91 Å². The van der Waals surface area contributed by atoms with Crippen molar-refractivity contribution >= 4 is 34.8 Å². The number of carbonyl (C=O) groups is 2. The molecule has 6 nitrogen and oxygen atoms in total. The maximum Gasteiger partial charge on any atom is 0.416 e. The number of alkyl halides is 3. The van der Waals surface area contributed by atoms with Crippen molar-refractivity contribution in [3.63, 3.8) is 0 Å². The Morgan fingerprint density at radius 3 is 2.21 bits per heavy atom. The van der Waals surface area contributed by atoms with Crippen LogP contribution in [0.25, 0.3) is 0 Å². The molecule has 2 aliphatic heterocycles. The lowest BCUT2D eigenvalue weighted by Gasteiger charge is -2.39. The second kappa shape index (κ2) is 14.2. The van der Waals surface area contributed by atoms with E-state index >= 15 is 0 Å². The summed E-state index contributed by atoms with van der Waals surface area (Å²) in [7, 11) is 0. The van der Waals surface area contributed by atoms with E-state index in [0.29, 0.717) is 22.8 Å². The first-order valence-corrected chi connectivity index (χ1v) is 16.2. The topological polar surface area (TPSA) is 73.5 Å². The first-order chi connectivity index (χ1) is 22.6. The van der Waals surface area contributed by atoms with Crippen molar-refractivity contribution in [2.24, 2.45) is 0 Å². The van der Waals surface area contributed by atoms with Gasteiger partial charge in [0.15, 0.2) is 0 Å². The summed E-state index contributed by atoms with van der Waals surface area (Å²) >= 11 is 6.08. The Morgan fingerprint density at radius 1 is 0.830 bits per heavy atom. The lowest BCUT2D eigenvalue weighted by Crippen LogP contribution is -2.55. The van der Waals surface area contributed by atoms with Crippen molar-refractivity contribution in [1.82, 2.24) is 15.5 Å². The predicted octanol–water partition coefficient (Wildman–Crippen LogP) is 7.76. The number of nitrogens with one attached hydrogen (secondary N) is 3. The van der Waals surface area contributed by atoms with Crippen LogP contribution in [0.15, 0.2) is 103 Å². The quantitative estimate of drug-likeness (QED) is 0.163. The first kappa shape index (κ1) is 32.6. The van der Waals surface area contributed by atoms with Crippen LogP contribution >= 0.6 is 11.6 Å². The summed E-state index contributed by atoms with van der Waals surface area (Å²) in [6.45, 7) is 0.841. The number of hydrogen-bond donors (Lipinski definition) is 3. The van der Waals surface area contributed by atoms with E-state index in [-0.39, 0.29) is 29.6 Å². The number of amides is 2. The van der Waals surface area contributed by atoms with Crippen LogP contribution in [0.2, 0.25) is 5.02 Å². The summed E-state index contributed by atoms with van der Waals surface area (Å²) in [5.74, 6) is -0.768. The lowest BCUT2D eigenvalue weighted by molar-refractivity contribution is -0.137. The number of piperidine rings is 1. The zero-order valence-electron chi connectivity index (χ0n) is 25.6. The van der Waals surface area contributed by atoms with Crippen LogP contribution in [-0.2, 0) is 23.9 Å². The Bertz CT molecular complexity index is 1690. The average molecular weight is 661 g/mol. The third kappa shape index (κ3) is 8.15. The van der Waals surface area contributed by atoms with Gasteiger partial charge >= 0.3 is 6.18 Å². The monoisotopic (exact) mass is 660 g/mol.